The molecule has 3 atom stereocenters. The Morgan fingerprint density at radius 3 is 2.84 bits per heavy atom. The number of nitrogens with one attached hydrogen (secondary N) is 2. The predicted molar refractivity (Wildman–Crippen MR) is 123 cm³/mol. The summed E-state index contributed by atoms with van der Waals surface area (Å²) in [6.45, 7) is 7.12. The van der Waals surface area contributed by atoms with E-state index in [2.05, 4.69) is 22.2 Å². The van der Waals surface area contributed by atoms with Gasteiger partial charge in [-0.2, -0.15) is 0 Å². The number of fused-ring (bicyclic) bond motifs is 2. The molecule has 1 aromatic rings. The number of urea groups is 1. The van der Waals surface area contributed by atoms with Crippen molar-refractivity contribution >= 4 is 17.8 Å². The van der Waals surface area contributed by atoms with Gasteiger partial charge in [-0.05, 0) is 62.3 Å². The Hall–Kier alpha value is -3.00. The fourth-order valence-electron chi connectivity index (χ4n) is 4.32. The van der Waals surface area contributed by atoms with Crippen LogP contribution in [0.5, 0.6) is 0 Å². The molecule has 3 rings (SSSR count). The zero-order valence-electron chi connectivity index (χ0n) is 18.7. The molecule has 2 unspecified atom stereocenters. The van der Waals surface area contributed by atoms with Crippen LogP contribution >= 0.6 is 0 Å². The van der Waals surface area contributed by atoms with Crippen molar-refractivity contribution in [2.24, 2.45) is 11.7 Å². The summed E-state index contributed by atoms with van der Waals surface area (Å²) in [6, 6.07) is 5.29. The number of anilines is 1. The number of nitrogens with two attached hydrogens (primary N) is 1. The monoisotopic (exact) mass is 441 g/mol. The lowest BCUT2D eigenvalue weighted by Gasteiger charge is -2.35. The summed E-state index contributed by atoms with van der Waals surface area (Å²) in [5.74, 6) is 0.399. The third-order valence-electron chi connectivity index (χ3n) is 6.43. The average molecular weight is 442 g/mol. The van der Waals surface area contributed by atoms with Crippen molar-refractivity contribution in [3.05, 3.63) is 60.0 Å². The maximum absolute atomic E-state index is 14.3. The number of rotatable bonds is 8. The highest BCUT2D eigenvalue weighted by atomic mass is 19.1. The highest BCUT2D eigenvalue weighted by Crippen LogP contribution is 2.43. The van der Waals surface area contributed by atoms with Gasteiger partial charge in [-0.25, -0.2) is 14.2 Å². The minimum atomic E-state index is -1.62. The summed E-state index contributed by atoms with van der Waals surface area (Å²) in [5, 5.41) is 5.43. The number of allylic oxidation sites excluding steroid dienone is 3. The molecule has 7 nitrogen and oxygen atoms in total. The van der Waals surface area contributed by atoms with E-state index >= 15 is 0 Å². The van der Waals surface area contributed by atoms with Crippen LogP contribution in [0.2, 0.25) is 0 Å². The summed E-state index contributed by atoms with van der Waals surface area (Å²) >= 11 is 0. The predicted octanol–water partition coefficient (Wildman–Crippen LogP) is 3.68. The number of halogens is 1. The molecule has 2 bridgehead atoms. The summed E-state index contributed by atoms with van der Waals surface area (Å²) in [5.41, 5.74) is 5.94. The molecule has 1 aromatic heterocycles. The van der Waals surface area contributed by atoms with E-state index in [9.17, 15) is 14.0 Å². The zero-order chi connectivity index (χ0) is 23.3. The first-order valence-corrected chi connectivity index (χ1v) is 11.0. The van der Waals surface area contributed by atoms with Gasteiger partial charge in [0.15, 0.2) is 0 Å². The molecule has 4 N–H and O–H groups in total. The topological polar surface area (TPSA) is 100 Å². The van der Waals surface area contributed by atoms with Crippen LogP contribution in [0.1, 0.15) is 39.5 Å². The molecule has 0 aromatic carbocycles. The number of hydrogen-bond acceptors (Lipinski definition) is 4. The molecule has 3 amide bonds. The van der Waals surface area contributed by atoms with Crippen molar-refractivity contribution in [1.29, 1.82) is 0 Å². The van der Waals surface area contributed by atoms with Crippen molar-refractivity contribution in [1.82, 2.24) is 15.2 Å². The van der Waals surface area contributed by atoms with E-state index in [1.165, 1.54) is 0 Å². The van der Waals surface area contributed by atoms with Gasteiger partial charge in [0.25, 0.3) is 5.91 Å². The Kier molecular flexibility index (Phi) is 7.45. The molecule has 1 aliphatic carbocycles. The van der Waals surface area contributed by atoms with E-state index < -0.39 is 11.6 Å². The van der Waals surface area contributed by atoms with Gasteiger partial charge in [0.2, 0.25) is 0 Å². The first-order valence-electron chi connectivity index (χ1n) is 11.0. The Labute approximate surface area is 188 Å². The average Bonchev–Trinajstić information content (AvgIpc) is 3.22. The van der Waals surface area contributed by atoms with Crippen molar-refractivity contribution in [2.75, 3.05) is 18.4 Å². The Morgan fingerprint density at radius 1 is 1.41 bits per heavy atom. The highest BCUT2D eigenvalue weighted by Gasteiger charge is 2.40. The lowest BCUT2D eigenvalue weighted by molar-refractivity contribution is -0.117. The van der Waals surface area contributed by atoms with Crippen molar-refractivity contribution in [3.8, 4) is 0 Å². The van der Waals surface area contributed by atoms with Crippen LogP contribution in [0.15, 0.2) is 60.0 Å². The second-order valence-corrected chi connectivity index (χ2v) is 8.47. The Balaban J connectivity index is 1.70. The van der Waals surface area contributed by atoms with E-state index in [0.717, 1.165) is 30.5 Å². The largest absolute Gasteiger partial charge is 0.349 e. The first kappa shape index (κ1) is 23.7. The maximum Gasteiger partial charge on any atom is 0.327 e. The molecule has 0 spiro atoms. The van der Waals surface area contributed by atoms with Gasteiger partial charge in [0.05, 0.1) is 6.54 Å². The molecule has 1 saturated carbocycles. The van der Waals surface area contributed by atoms with Crippen LogP contribution in [-0.4, -0.2) is 46.6 Å². The fraction of sp³-hybridized carbons (Fsp3) is 0.458. The van der Waals surface area contributed by atoms with Gasteiger partial charge < -0.3 is 11.1 Å². The third kappa shape index (κ3) is 5.24. The quantitative estimate of drug-likeness (QED) is 0.423. The van der Waals surface area contributed by atoms with Crippen LogP contribution < -0.4 is 16.4 Å². The molecule has 172 valence electrons. The van der Waals surface area contributed by atoms with Gasteiger partial charge in [-0.1, -0.05) is 25.6 Å². The highest BCUT2D eigenvalue weighted by molar-refractivity contribution is 5.95. The van der Waals surface area contributed by atoms with Crippen molar-refractivity contribution in [2.45, 2.75) is 51.2 Å². The molecule has 0 saturated heterocycles. The molecule has 32 heavy (non-hydrogen) atoms. The third-order valence-corrected chi connectivity index (χ3v) is 6.43. The molecule has 1 aliphatic heterocycles. The van der Waals surface area contributed by atoms with Gasteiger partial charge >= 0.3 is 6.03 Å². The molecule has 8 heteroatoms. The van der Waals surface area contributed by atoms with Gasteiger partial charge in [-0.15, -0.1) is 0 Å². The van der Waals surface area contributed by atoms with Crippen LogP contribution in [0, 0.1) is 5.92 Å². The number of nitrogens with zero attached hydrogens (tertiary/aromatic N) is 2. The number of carbonyl (C=O) groups excluding carboxylic acids is 2. The number of alkyl halides is 1. The van der Waals surface area contributed by atoms with Crippen LogP contribution in [0.4, 0.5) is 15.0 Å². The van der Waals surface area contributed by atoms with E-state index in [1.54, 1.807) is 36.2 Å². The SMILES string of the molecule is C=C(/C=C\C1=C(C)N(C(=O)Nc2ccccn2)[C@H]2CCC1C2)C(=O)NCC(F)(CC)CN. The number of hydrogen-bond donors (Lipinski definition) is 3. The number of amides is 3. The van der Waals surface area contributed by atoms with E-state index in [1.807, 2.05) is 19.1 Å². The number of carbonyl (C=O) groups is 2. The lowest BCUT2D eigenvalue weighted by Crippen LogP contribution is -2.44. The molecule has 1 fully saturated rings. The second kappa shape index (κ2) is 10.1. The lowest BCUT2D eigenvalue weighted by atomic mass is 9.91. The molecule has 2 heterocycles. The van der Waals surface area contributed by atoms with E-state index in [0.29, 0.717) is 11.7 Å². The maximum atomic E-state index is 14.3. The van der Waals surface area contributed by atoms with E-state index in [4.69, 9.17) is 5.73 Å². The number of aromatic nitrogens is 1. The van der Waals surface area contributed by atoms with Gasteiger partial charge in [0.1, 0.15) is 11.5 Å². The fourth-order valence-corrected chi connectivity index (χ4v) is 4.32. The zero-order valence-corrected chi connectivity index (χ0v) is 18.7. The smallest absolute Gasteiger partial charge is 0.327 e. The van der Waals surface area contributed by atoms with Crippen LogP contribution in [-0.2, 0) is 4.79 Å². The molecular weight excluding hydrogens is 409 g/mol. The summed E-state index contributed by atoms with van der Waals surface area (Å²) in [4.78, 5) is 31.3. The summed E-state index contributed by atoms with van der Waals surface area (Å²) < 4.78 is 14.3. The molecular formula is C24H32FN5O2. The standard InChI is InChI=1S/C24H32FN5O2/c1-4-24(25,14-26)15-28-22(31)16(2)8-11-20-17(3)30(19-10-9-18(20)13-19)23(32)29-21-7-5-6-12-27-21/h5-8,11-12,18-19H,2,4,9-10,13-15,26H2,1,3H3,(H,28,31)(H,27,29,32)/b11-8-/t18?,19-,24?/m0/s1. The minimum Gasteiger partial charge on any atom is -0.349 e. The Bertz CT molecular complexity index is 924. The molecule has 2 aliphatic rings. The summed E-state index contributed by atoms with van der Waals surface area (Å²) in [7, 11) is 0. The van der Waals surface area contributed by atoms with Gasteiger partial charge in [-0.3, -0.25) is 15.0 Å². The Morgan fingerprint density at radius 2 is 2.19 bits per heavy atom. The molecule has 0 radical (unpaired) electrons. The van der Waals surface area contributed by atoms with Crippen molar-refractivity contribution < 1.29 is 14.0 Å². The van der Waals surface area contributed by atoms with Gasteiger partial charge in [0, 0.05) is 30.1 Å². The summed E-state index contributed by atoms with van der Waals surface area (Å²) in [6.07, 6.45) is 8.12. The first-order chi connectivity index (χ1) is 15.3. The van der Waals surface area contributed by atoms with Crippen molar-refractivity contribution in [3.63, 3.8) is 0 Å². The normalized spacial score (nSPS) is 22.1. The second-order valence-electron chi connectivity index (χ2n) is 8.47. The number of pyridine rings is 1. The minimum absolute atomic E-state index is 0.148. The van der Waals surface area contributed by atoms with Crippen LogP contribution in [0.3, 0.4) is 0 Å². The van der Waals surface area contributed by atoms with Crippen LogP contribution in [0.25, 0.3) is 0 Å². The van der Waals surface area contributed by atoms with E-state index in [-0.39, 0.29) is 37.2 Å².